The molecule has 0 aliphatic heterocycles. The Labute approximate surface area is 126 Å². The summed E-state index contributed by atoms with van der Waals surface area (Å²) in [7, 11) is 0. The minimum atomic E-state index is -0.823. The summed E-state index contributed by atoms with van der Waals surface area (Å²) in [6, 6.07) is 9.73. The monoisotopic (exact) mass is 339 g/mol. The second-order valence-corrected chi connectivity index (χ2v) is 5.50. The Morgan fingerprint density at radius 2 is 1.95 bits per heavy atom. The Balaban J connectivity index is 2.50. The molecule has 2 aromatic carbocycles. The summed E-state index contributed by atoms with van der Waals surface area (Å²) < 4.78 is 28.4. The smallest absolute Gasteiger partial charge is 0.163 e. The third kappa shape index (κ3) is 3.07. The molecule has 0 aliphatic rings. The maximum Gasteiger partial charge on any atom is 0.163 e. The molecule has 0 spiro atoms. The van der Waals surface area contributed by atoms with Crippen LogP contribution in [0.15, 0.2) is 40.9 Å². The van der Waals surface area contributed by atoms with Crippen molar-refractivity contribution in [3.05, 3.63) is 69.2 Å². The van der Waals surface area contributed by atoms with E-state index in [1.807, 2.05) is 32.0 Å². The molecule has 0 aromatic heterocycles. The number of hydrogen-bond acceptors (Lipinski definition) is 1. The lowest BCUT2D eigenvalue weighted by atomic mass is 9.97. The first kappa shape index (κ1) is 15.1. The minimum absolute atomic E-state index is 0.322. The van der Waals surface area contributed by atoms with Gasteiger partial charge < -0.3 is 5.32 Å². The molecule has 0 radical (unpaired) electrons. The Morgan fingerprint density at radius 3 is 2.60 bits per heavy atom. The van der Waals surface area contributed by atoms with E-state index in [2.05, 4.69) is 21.2 Å². The fourth-order valence-electron chi connectivity index (χ4n) is 2.14. The van der Waals surface area contributed by atoms with Gasteiger partial charge in [0, 0.05) is 10.0 Å². The molecular formula is C16H16BrF2N. The van der Waals surface area contributed by atoms with Crippen molar-refractivity contribution in [2.75, 3.05) is 6.54 Å². The van der Waals surface area contributed by atoms with Crippen LogP contribution in [0.3, 0.4) is 0 Å². The Morgan fingerprint density at radius 1 is 1.20 bits per heavy atom. The molecule has 0 fully saturated rings. The third-order valence-electron chi connectivity index (χ3n) is 3.23. The van der Waals surface area contributed by atoms with Crippen LogP contribution in [-0.2, 0) is 0 Å². The van der Waals surface area contributed by atoms with Crippen molar-refractivity contribution in [1.29, 1.82) is 0 Å². The molecule has 1 N–H and O–H groups in total. The fraction of sp³-hybridized carbons (Fsp3) is 0.250. The van der Waals surface area contributed by atoms with E-state index in [9.17, 15) is 8.78 Å². The Hall–Kier alpha value is -1.26. The average molecular weight is 340 g/mol. The number of rotatable bonds is 4. The third-order valence-corrected chi connectivity index (χ3v) is 4.08. The van der Waals surface area contributed by atoms with Crippen molar-refractivity contribution >= 4 is 15.9 Å². The lowest BCUT2D eigenvalue weighted by Gasteiger charge is -2.20. The summed E-state index contributed by atoms with van der Waals surface area (Å²) in [5.41, 5.74) is 2.32. The van der Waals surface area contributed by atoms with E-state index in [4.69, 9.17) is 0 Å². The molecule has 1 unspecified atom stereocenters. The van der Waals surface area contributed by atoms with Crippen LogP contribution < -0.4 is 5.32 Å². The number of hydrogen-bond donors (Lipinski definition) is 1. The second kappa shape index (κ2) is 6.46. The second-order valence-electron chi connectivity index (χ2n) is 4.64. The quantitative estimate of drug-likeness (QED) is 0.848. The molecule has 4 heteroatoms. The highest BCUT2D eigenvalue weighted by molar-refractivity contribution is 9.10. The predicted octanol–water partition coefficient (Wildman–Crippen LogP) is 4.73. The van der Waals surface area contributed by atoms with Crippen molar-refractivity contribution in [2.24, 2.45) is 0 Å². The highest BCUT2D eigenvalue weighted by atomic mass is 79.9. The maximum atomic E-state index is 14.0. The SMILES string of the molecule is CCNC(c1ccc(C)c(Br)c1)c1cccc(F)c1F. The van der Waals surface area contributed by atoms with Gasteiger partial charge in [-0.1, -0.05) is 47.1 Å². The number of benzene rings is 2. The van der Waals surface area contributed by atoms with E-state index in [1.54, 1.807) is 6.07 Å². The van der Waals surface area contributed by atoms with Crippen molar-refractivity contribution < 1.29 is 8.78 Å². The zero-order valence-electron chi connectivity index (χ0n) is 11.4. The largest absolute Gasteiger partial charge is 0.306 e. The average Bonchev–Trinajstić information content (AvgIpc) is 2.43. The molecule has 1 atom stereocenters. The fourth-order valence-corrected chi connectivity index (χ4v) is 2.54. The maximum absolute atomic E-state index is 14.0. The van der Waals surface area contributed by atoms with Crippen LogP contribution in [-0.4, -0.2) is 6.54 Å². The zero-order chi connectivity index (χ0) is 14.7. The van der Waals surface area contributed by atoms with Crippen LogP contribution in [0, 0.1) is 18.6 Å². The van der Waals surface area contributed by atoms with Crippen molar-refractivity contribution in [2.45, 2.75) is 19.9 Å². The van der Waals surface area contributed by atoms with Gasteiger partial charge in [-0.05, 0) is 36.7 Å². The van der Waals surface area contributed by atoms with E-state index in [0.29, 0.717) is 12.1 Å². The van der Waals surface area contributed by atoms with Crippen molar-refractivity contribution in [3.63, 3.8) is 0 Å². The Kier molecular flexibility index (Phi) is 4.89. The van der Waals surface area contributed by atoms with Gasteiger partial charge in [-0.15, -0.1) is 0 Å². The normalized spacial score (nSPS) is 12.4. The summed E-state index contributed by atoms with van der Waals surface area (Å²) in [4.78, 5) is 0. The molecular weight excluding hydrogens is 324 g/mol. The van der Waals surface area contributed by atoms with Gasteiger partial charge in [0.2, 0.25) is 0 Å². The molecule has 2 aromatic rings. The molecule has 0 saturated heterocycles. The molecule has 0 aliphatic carbocycles. The van der Waals surface area contributed by atoms with Gasteiger partial charge in [0.15, 0.2) is 11.6 Å². The summed E-state index contributed by atoms with van der Waals surface area (Å²) in [5.74, 6) is -1.62. The standard InChI is InChI=1S/C16H16BrF2N/c1-3-20-16(11-8-7-10(2)13(17)9-11)12-5-4-6-14(18)15(12)19/h4-9,16,20H,3H2,1-2H3. The molecule has 0 amide bonds. The first-order chi connectivity index (χ1) is 9.54. The van der Waals surface area contributed by atoms with E-state index in [-0.39, 0.29) is 6.04 Å². The van der Waals surface area contributed by atoms with Gasteiger partial charge in [0.05, 0.1) is 6.04 Å². The van der Waals surface area contributed by atoms with Gasteiger partial charge in [0.25, 0.3) is 0 Å². The predicted molar refractivity (Wildman–Crippen MR) is 80.8 cm³/mol. The van der Waals surface area contributed by atoms with Crippen LogP contribution in [0.25, 0.3) is 0 Å². The summed E-state index contributed by atoms with van der Waals surface area (Å²) in [6.07, 6.45) is 0. The van der Waals surface area contributed by atoms with Crippen LogP contribution in [0.2, 0.25) is 0 Å². The van der Waals surface area contributed by atoms with Gasteiger partial charge in [-0.25, -0.2) is 8.78 Å². The summed E-state index contributed by atoms with van der Waals surface area (Å²) in [5, 5.41) is 3.20. The lowest BCUT2D eigenvalue weighted by molar-refractivity contribution is 0.483. The van der Waals surface area contributed by atoms with E-state index < -0.39 is 11.6 Å². The minimum Gasteiger partial charge on any atom is -0.306 e. The zero-order valence-corrected chi connectivity index (χ0v) is 13.0. The Bertz CT molecular complexity index is 613. The van der Waals surface area contributed by atoms with E-state index >= 15 is 0 Å². The molecule has 0 saturated carbocycles. The molecule has 2 rings (SSSR count). The van der Waals surface area contributed by atoms with Crippen LogP contribution >= 0.6 is 15.9 Å². The van der Waals surface area contributed by atoms with Crippen LogP contribution in [0.1, 0.15) is 29.7 Å². The number of nitrogens with one attached hydrogen (secondary N) is 1. The summed E-state index contributed by atoms with van der Waals surface area (Å²) >= 11 is 3.48. The van der Waals surface area contributed by atoms with Crippen molar-refractivity contribution in [1.82, 2.24) is 5.32 Å². The highest BCUT2D eigenvalue weighted by Gasteiger charge is 2.19. The van der Waals surface area contributed by atoms with Gasteiger partial charge >= 0.3 is 0 Å². The molecule has 0 bridgehead atoms. The first-order valence-corrected chi connectivity index (χ1v) is 7.27. The van der Waals surface area contributed by atoms with Crippen LogP contribution in [0.5, 0.6) is 0 Å². The molecule has 0 heterocycles. The number of aryl methyl sites for hydroxylation is 1. The molecule has 1 nitrogen and oxygen atoms in total. The number of halogens is 3. The van der Waals surface area contributed by atoms with Crippen molar-refractivity contribution in [3.8, 4) is 0 Å². The van der Waals surface area contributed by atoms with Crippen LogP contribution in [0.4, 0.5) is 8.78 Å². The van der Waals surface area contributed by atoms with E-state index in [0.717, 1.165) is 21.7 Å². The van der Waals surface area contributed by atoms with Gasteiger partial charge in [0.1, 0.15) is 0 Å². The first-order valence-electron chi connectivity index (χ1n) is 6.48. The van der Waals surface area contributed by atoms with Gasteiger partial charge in [-0.2, -0.15) is 0 Å². The summed E-state index contributed by atoms with van der Waals surface area (Å²) in [6.45, 7) is 4.58. The van der Waals surface area contributed by atoms with E-state index in [1.165, 1.54) is 6.07 Å². The van der Waals surface area contributed by atoms with Gasteiger partial charge in [-0.3, -0.25) is 0 Å². The topological polar surface area (TPSA) is 12.0 Å². The highest BCUT2D eigenvalue weighted by Crippen LogP contribution is 2.28. The lowest BCUT2D eigenvalue weighted by Crippen LogP contribution is -2.23. The molecule has 106 valence electrons. The molecule has 20 heavy (non-hydrogen) atoms.